The van der Waals surface area contributed by atoms with Gasteiger partial charge in [0.15, 0.2) is 0 Å². The molecular weight excluding hydrogens is 202 g/mol. The molecule has 0 unspecified atom stereocenters. The van der Waals surface area contributed by atoms with Crippen LogP contribution in [-0.4, -0.2) is 61.5 Å². The number of nitrogens with one attached hydrogen (secondary N) is 1. The van der Waals surface area contributed by atoms with Crippen molar-refractivity contribution in [3.63, 3.8) is 0 Å². The molecule has 0 atom stereocenters. The lowest BCUT2D eigenvalue weighted by atomic mass is 10.2. The summed E-state index contributed by atoms with van der Waals surface area (Å²) in [5.74, 6) is 0. The highest BCUT2D eigenvalue weighted by Crippen LogP contribution is 2.02. The second kappa shape index (κ2) is 8.53. The van der Waals surface area contributed by atoms with E-state index in [4.69, 9.17) is 0 Å². The molecular formula is C12H27N3O. The first-order valence-corrected chi connectivity index (χ1v) is 6.09. The lowest BCUT2D eigenvalue weighted by Gasteiger charge is -2.34. The van der Waals surface area contributed by atoms with Crippen LogP contribution in [-0.2, 0) is 4.79 Å². The molecule has 4 heteroatoms. The van der Waals surface area contributed by atoms with E-state index in [1.165, 1.54) is 26.2 Å². The predicted octanol–water partition coefficient (Wildman–Crippen LogP) is 0.783. The van der Waals surface area contributed by atoms with Gasteiger partial charge in [-0.1, -0.05) is 0 Å². The van der Waals surface area contributed by atoms with Crippen LogP contribution in [0.3, 0.4) is 0 Å². The molecule has 0 saturated carbocycles. The van der Waals surface area contributed by atoms with Gasteiger partial charge in [-0.3, -0.25) is 9.69 Å². The summed E-state index contributed by atoms with van der Waals surface area (Å²) < 4.78 is 0. The van der Waals surface area contributed by atoms with E-state index in [0.29, 0.717) is 6.41 Å². The van der Waals surface area contributed by atoms with Gasteiger partial charge in [0.25, 0.3) is 0 Å². The van der Waals surface area contributed by atoms with E-state index in [9.17, 15) is 4.79 Å². The topological polar surface area (TPSA) is 35.6 Å². The van der Waals surface area contributed by atoms with Crippen molar-refractivity contribution in [2.24, 2.45) is 0 Å². The maximum absolute atomic E-state index is 9.50. The molecule has 1 saturated heterocycles. The fraction of sp³-hybridized carbons (Fsp3) is 0.917. The Kier molecular flexibility index (Phi) is 8.21. The number of hydrogen-bond acceptors (Lipinski definition) is 3. The molecule has 4 nitrogen and oxygen atoms in total. The van der Waals surface area contributed by atoms with Gasteiger partial charge in [-0.25, -0.2) is 0 Å². The molecule has 0 aliphatic carbocycles. The van der Waals surface area contributed by atoms with Crippen LogP contribution in [0.2, 0.25) is 0 Å². The highest BCUT2D eigenvalue weighted by molar-refractivity contribution is 5.46. The molecule has 1 fully saturated rings. The van der Waals surface area contributed by atoms with E-state index >= 15 is 0 Å². The van der Waals surface area contributed by atoms with Crippen LogP contribution in [0.5, 0.6) is 0 Å². The minimum Gasteiger partial charge on any atom is -0.357 e. The van der Waals surface area contributed by atoms with Crippen molar-refractivity contribution in [1.82, 2.24) is 15.1 Å². The van der Waals surface area contributed by atoms with Gasteiger partial charge in [-0.2, -0.15) is 0 Å². The zero-order valence-electron chi connectivity index (χ0n) is 11.4. The minimum atomic E-state index is 0.280. The minimum absolute atomic E-state index is 0.280. The first kappa shape index (κ1) is 15.4. The molecule has 0 bridgehead atoms. The molecule has 0 aromatic heterocycles. The van der Waals surface area contributed by atoms with Gasteiger partial charge in [0, 0.05) is 38.3 Å². The van der Waals surface area contributed by atoms with Crippen molar-refractivity contribution in [2.45, 2.75) is 39.8 Å². The molecule has 0 spiro atoms. The molecule has 0 radical (unpaired) electrons. The first-order valence-electron chi connectivity index (χ1n) is 6.09. The molecule has 96 valence electrons. The first-order chi connectivity index (χ1) is 7.47. The summed E-state index contributed by atoms with van der Waals surface area (Å²) in [6.45, 7) is 13.3. The number of carbonyl (C=O) groups is 1. The summed E-state index contributed by atoms with van der Waals surface area (Å²) >= 11 is 0. The maximum Gasteiger partial charge on any atom is 0.207 e. The highest BCUT2D eigenvalue weighted by atomic mass is 16.1. The highest BCUT2D eigenvalue weighted by Gasteiger charge is 2.15. The third-order valence-electron chi connectivity index (χ3n) is 2.67. The third-order valence-corrected chi connectivity index (χ3v) is 2.67. The van der Waals surface area contributed by atoms with Crippen molar-refractivity contribution in [1.29, 1.82) is 0 Å². The Bertz CT molecular complexity index is 175. The molecule has 1 heterocycles. The van der Waals surface area contributed by atoms with Gasteiger partial charge in [-0.05, 0) is 34.7 Å². The third kappa shape index (κ3) is 7.65. The van der Waals surface area contributed by atoms with E-state index in [-0.39, 0.29) is 6.04 Å². The Morgan fingerprint density at radius 1 is 1.06 bits per heavy atom. The van der Waals surface area contributed by atoms with Crippen LogP contribution in [0.4, 0.5) is 0 Å². The Labute approximate surface area is 100.0 Å². The van der Waals surface area contributed by atoms with Crippen LogP contribution in [0.1, 0.15) is 27.7 Å². The van der Waals surface area contributed by atoms with E-state index in [2.05, 4.69) is 36.0 Å². The standard InChI is InChI=1S/C8H18N2.C4H9NO/c1-8(2)10-6-4-9(3)5-7-10;1-4(2)5-3-6/h8H,4-7H2,1-3H3;3-4H,1-2H3,(H,5,6). The summed E-state index contributed by atoms with van der Waals surface area (Å²) in [6, 6.07) is 1.01. The van der Waals surface area contributed by atoms with Crippen molar-refractivity contribution in [3.8, 4) is 0 Å². The summed E-state index contributed by atoms with van der Waals surface area (Å²) in [4.78, 5) is 14.4. The summed E-state index contributed by atoms with van der Waals surface area (Å²) in [6.07, 6.45) is 0.699. The molecule has 1 aliphatic rings. The largest absolute Gasteiger partial charge is 0.357 e. The molecule has 1 N–H and O–H groups in total. The van der Waals surface area contributed by atoms with Gasteiger partial charge in [0.2, 0.25) is 6.41 Å². The average Bonchev–Trinajstić information content (AvgIpc) is 2.19. The van der Waals surface area contributed by atoms with E-state index < -0.39 is 0 Å². The van der Waals surface area contributed by atoms with Crippen molar-refractivity contribution in [3.05, 3.63) is 0 Å². The van der Waals surface area contributed by atoms with Crippen LogP contribution < -0.4 is 5.32 Å². The zero-order valence-corrected chi connectivity index (χ0v) is 11.4. The van der Waals surface area contributed by atoms with Crippen LogP contribution in [0, 0.1) is 0 Å². The second-order valence-corrected chi connectivity index (χ2v) is 4.87. The molecule has 1 aliphatic heterocycles. The monoisotopic (exact) mass is 229 g/mol. The Balaban J connectivity index is 0.000000325. The number of piperazine rings is 1. The lowest BCUT2D eigenvalue weighted by Crippen LogP contribution is -2.47. The Morgan fingerprint density at radius 3 is 1.81 bits per heavy atom. The zero-order chi connectivity index (χ0) is 12.6. The van der Waals surface area contributed by atoms with Gasteiger partial charge in [0.1, 0.15) is 0 Å². The van der Waals surface area contributed by atoms with Gasteiger partial charge in [-0.15, -0.1) is 0 Å². The normalized spacial score (nSPS) is 18.2. The molecule has 16 heavy (non-hydrogen) atoms. The molecule has 0 aromatic carbocycles. The number of amides is 1. The lowest BCUT2D eigenvalue weighted by molar-refractivity contribution is -0.109. The maximum atomic E-state index is 9.50. The smallest absolute Gasteiger partial charge is 0.207 e. The summed E-state index contributed by atoms with van der Waals surface area (Å²) in [7, 11) is 2.19. The molecule has 1 amide bonds. The number of carbonyl (C=O) groups excluding carboxylic acids is 1. The number of rotatable bonds is 3. The van der Waals surface area contributed by atoms with E-state index in [1.54, 1.807) is 0 Å². The number of hydrogen-bond donors (Lipinski definition) is 1. The number of likely N-dealkylation sites (N-methyl/N-ethyl adjacent to an activating group) is 1. The van der Waals surface area contributed by atoms with Gasteiger partial charge in [0.05, 0.1) is 0 Å². The van der Waals surface area contributed by atoms with Crippen LogP contribution >= 0.6 is 0 Å². The van der Waals surface area contributed by atoms with E-state index in [0.717, 1.165) is 6.04 Å². The van der Waals surface area contributed by atoms with E-state index in [1.807, 2.05) is 13.8 Å². The number of nitrogens with zero attached hydrogens (tertiary/aromatic N) is 2. The Hall–Kier alpha value is -0.610. The molecule has 1 rings (SSSR count). The van der Waals surface area contributed by atoms with Gasteiger partial charge < -0.3 is 10.2 Å². The molecule has 0 aromatic rings. The predicted molar refractivity (Wildman–Crippen MR) is 68.5 cm³/mol. The van der Waals surface area contributed by atoms with Crippen LogP contribution in [0.25, 0.3) is 0 Å². The SMILES string of the molecule is CC(C)N1CCN(C)CC1.CC(C)NC=O. The fourth-order valence-electron chi connectivity index (χ4n) is 1.47. The second-order valence-electron chi connectivity index (χ2n) is 4.87. The van der Waals surface area contributed by atoms with Crippen molar-refractivity contribution < 1.29 is 4.79 Å². The summed E-state index contributed by atoms with van der Waals surface area (Å²) in [5.41, 5.74) is 0. The average molecular weight is 229 g/mol. The Morgan fingerprint density at radius 2 is 1.56 bits per heavy atom. The quantitative estimate of drug-likeness (QED) is 0.727. The fourth-order valence-corrected chi connectivity index (χ4v) is 1.47. The van der Waals surface area contributed by atoms with Crippen LogP contribution in [0.15, 0.2) is 0 Å². The summed E-state index contributed by atoms with van der Waals surface area (Å²) in [5, 5.41) is 2.53. The van der Waals surface area contributed by atoms with Crippen molar-refractivity contribution in [2.75, 3.05) is 33.2 Å². The van der Waals surface area contributed by atoms with Crippen molar-refractivity contribution >= 4 is 6.41 Å². The van der Waals surface area contributed by atoms with Gasteiger partial charge >= 0.3 is 0 Å².